The van der Waals surface area contributed by atoms with Gasteiger partial charge < -0.3 is 14.8 Å². The third-order valence-corrected chi connectivity index (χ3v) is 5.95. The fraction of sp³-hybridized carbons (Fsp3) is 0.682. The summed E-state index contributed by atoms with van der Waals surface area (Å²) >= 11 is 0. The normalized spacial score (nSPS) is 25.3. The smallest absolute Gasteiger partial charge is 0.256 e. The van der Waals surface area contributed by atoms with E-state index < -0.39 is 5.60 Å². The molecule has 1 saturated heterocycles. The van der Waals surface area contributed by atoms with E-state index in [1.54, 1.807) is 7.11 Å². The molecule has 0 unspecified atom stereocenters. The molecule has 150 valence electrons. The van der Waals surface area contributed by atoms with Crippen LogP contribution in [0.15, 0.2) is 24.3 Å². The van der Waals surface area contributed by atoms with Crippen LogP contribution in [0.3, 0.4) is 0 Å². The lowest BCUT2D eigenvalue weighted by molar-refractivity contribution is -0.136. The molecule has 1 amide bonds. The molecule has 1 aromatic rings. The highest BCUT2D eigenvalue weighted by Gasteiger charge is 2.41. The molecule has 2 atom stereocenters. The van der Waals surface area contributed by atoms with E-state index in [1.807, 2.05) is 24.3 Å². The highest BCUT2D eigenvalue weighted by atomic mass is 16.5. The largest absolute Gasteiger partial charge is 0.492 e. The second kappa shape index (κ2) is 9.07. The minimum absolute atomic E-state index is 0.0375. The van der Waals surface area contributed by atoms with Crippen LogP contribution in [0.25, 0.3) is 0 Å². The number of carbonyl (C=O) groups excluding carboxylic acids is 1. The number of amides is 1. The van der Waals surface area contributed by atoms with E-state index in [9.17, 15) is 4.79 Å². The molecule has 3 rings (SSSR count). The minimum Gasteiger partial charge on any atom is -0.492 e. The first-order valence-corrected chi connectivity index (χ1v) is 10.3. The van der Waals surface area contributed by atoms with Crippen LogP contribution in [0.5, 0.6) is 5.75 Å². The Bertz CT molecular complexity index is 600. The lowest BCUT2D eigenvalue weighted by Gasteiger charge is -2.34. The fourth-order valence-corrected chi connectivity index (χ4v) is 4.62. The van der Waals surface area contributed by atoms with Gasteiger partial charge in [0, 0.05) is 32.4 Å². The van der Waals surface area contributed by atoms with Crippen molar-refractivity contribution in [2.24, 2.45) is 11.8 Å². The van der Waals surface area contributed by atoms with Crippen molar-refractivity contribution in [1.82, 2.24) is 4.90 Å². The number of ether oxygens (including phenoxy) is 2. The molecule has 0 spiro atoms. The van der Waals surface area contributed by atoms with Crippen LogP contribution in [0.2, 0.25) is 0 Å². The summed E-state index contributed by atoms with van der Waals surface area (Å²) in [6, 6.07) is 7.64. The van der Waals surface area contributed by atoms with Crippen LogP contribution in [-0.4, -0.2) is 49.8 Å². The van der Waals surface area contributed by atoms with Crippen molar-refractivity contribution >= 4 is 11.6 Å². The summed E-state index contributed by atoms with van der Waals surface area (Å²) in [7, 11) is 1.63. The van der Waals surface area contributed by atoms with Gasteiger partial charge in [0.1, 0.15) is 18.0 Å². The number of benzene rings is 1. The molecule has 0 bridgehead atoms. The Labute approximate surface area is 163 Å². The molecule has 0 radical (unpaired) electrons. The molecule has 0 aromatic heterocycles. The lowest BCUT2D eigenvalue weighted by atomic mass is 9.92. The predicted octanol–water partition coefficient (Wildman–Crippen LogP) is 3.94. The maximum absolute atomic E-state index is 12.6. The lowest BCUT2D eigenvalue weighted by Crippen LogP contribution is -2.42. The summed E-state index contributed by atoms with van der Waals surface area (Å²) in [4.78, 5) is 15.1. The molecule has 1 aromatic carbocycles. The van der Waals surface area contributed by atoms with Gasteiger partial charge in [-0.2, -0.15) is 0 Å². The molecule has 2 aliphatic rings. The van der Waals surface area contributed by atoms with Gasteiger partial charge in [-0.05, 0) is 68.2 Å². The number of hydrogen-bond donors (Lipinski definition) is 1. The molecule has 1 aliphatic carbocycles. The summed E-state index contributed by atoms with van der Waals surface area (Å²) in [5, 5.41) is 2.99. The maximum atomic E-state index is 12.6. The van der Waals surface area contributed by atoms with Gasteiger partial charge in [0.2, 0.25) is 0 Å². The number of nitrogens with one attached hydrogen (secondary N) is 1. The van der Waals surface area contributed by atoms with Gasteiger partial charge in [0.15, 0.2) is 0 Å². The van der Waals surface area contributed by atoms with E-state index in [1.165, 1.54) is 19.5 Å². The van der Waals surface area contributed by atoms with Crippen molar-refractivity contribution in [3.63, 3.8) is 0 Å². The molecular weight excluding hydrogens is 340 g/mol. The van der Waals surface area contributed by atoms with Gasteiger partial charge in [-0.3, -0.25) is 9.69 Å². The van der Waals surface area contributed by atoms with Crippen molar-refractivity contribution in [3.05, 3.63) is 24.3 Å². The van der Waals surface area contributed by atoms with Crippen molar-refractivity contribution in [1.29, 1.82) is 0 Å². The Morgan fingerprint density at radius 1 is 1.15 bits per heavy atom. The Balaban J connectivity index is 1.45. The quantitative estimate of drug-likeness (QED) is 0.785. The number of likely N-dealkylation sites (tertiary alicyclic amines) is 1. The first-order chi connectivity index (χ1) is 13.0. The zero-order valence-electron chi connectivity index (χ0n) is 17.0. The topological polar surface area (TPSA) is 50.8 Å². The van der Waals surface area contributed by atoms with E-state index in [2.05, 4.69) is 24.1 Å². The zero-order valence-corrected chi connectivity index (χ0v) is 17.0. The second-order valence-corrected chi connectivity index (χ2v) is 8.44. The monoisotopic (exact) mass is 374 g/mol. The van der Waals surface area contributed by atoms with Gasteiger partial charge in [-0.15, -0.1) is 0 Å². The van der Waals surface area contributed by atoms with Gasteiger partial charge in [0.25, 0.3) is 5.91 Å². The first-order valence-electron chi connectivity index (χ1n) is 10.3. The summed E-state index contributed by atoms with van der Waals surface area (Å²) in [5.41, 5.74) is 0.132. The van der Waals surface area contributed by atoms with E-state index in [0.717, 1.165) is 55.5 Å². The van der Waals surface area contributed by atoms with E-state index in [0.29, 0.717) is 6.61 Å². The third kappa shape index (κ3) is 5.23. The average molecular weight is 375 g/mol. The number of nitrogens with zero attached hydrogens (tertiary/aromatic N) is 1. The zero-order chi connectivity index (χ0) is 19.3. The van der Waals surface area contributed by atoms with Crippen molar-refractivity contribution in [2.75, 3.05) is 38.7 Å². The molecular formula is C22H34N2O3. The number of piperidine rings is 1. The Hall–Kier alpha value is -1.59. The summed E-state index contributed by atoms with van der Waals surface area (Å²) in [5.74, 6) is 2.34. The minimum atomic E-state index is -0.655. The van der Waals surface area contributed by atoms with Gasteiger partial charge in [-0.25, -0.2) is 0 Å². The highest BCUT2D eigenvalue weighted by molar-refractivity contribution is 5.97. The van der Waals surface area contributed by atoms with Crippen LogP contribution in [0.4, 0.5) is 5.69 Å². The van der Waals surface area contributed by atoms with Crippen molar-refractivity contribution < 1.29 is 14.3 Å². The summed E-state index contributed by atoms with van der Waals surface area (Å²) < 4.78 is 11.4. The molecule has 5 heteroatoms. The summed E-state index contributed by atoms with van der Waals surface area (Å²) in [6.07, 6.45) is 5.01. The maximum Gasteiger partial charge on any atom is 0.256 e. The number of carbonyl (C=O) groups is 1. The SMILES string of the molecule is COC1(C(=O)Nc2ccc(OCCN3C[C@H](C)C[C@@H](C)C3)cc2)CCCC1. The Kier molecular flexibility index (Phi) is 6.77. The molecule has 1 aliphatic heterocycles. The second-order valence-electron chi connectivity index (χ2n) is 8.44. The molecule has 5 nitrogen and oxygen atoms in total. The molecule has 1 heterocycles. The predicted molar refractivity (Wildman–Crippen MR) is 108 cm³/mol. The summed E-state index contributed by atoms with van der Waals surface area (Å²) in [6.45, 7) is 8.65. The molecule has 1 saturated carbocycles. The Morgan fingerprint density at radius 2 is 1.78 bits per heavy atom. The van der Waals surface area contributed by atoms with Gasteiger partial charge in [0.05, 0.1) is 0 Å². The molecule has 27 heavy (non-hydrogen) atoms. The molecule has 2 fully saturated rings. The standard InChI is InChI=1S/C22H34N2O3/c1-17-14-18(2)16-24(15-17)12-13-27-20-8-6-19(7-9-20)23-21(25)22(26-3)10-4-5-11-22/h6-9,17-18H,4-5,10-16H2,1-3H3,(H,23,25)/t17-,18-/m1/s1. The number of rotatable bonds is 7. The fourth-order valence-electron chi connectivity index (χ4n) is 4.62. The number of methoxy groups -OCH3 is 1. The van der Waals surface area contributed by atoms with Gasteiger partial charge >= 0.3 is 0 Å². The number of hydrogen-bond acceptors (Lipinski definition) is 4. The Morgan fingerprint density at radius 3 is 2.37 bits per heavy atom. The highest BCUT2D eigenvalue weighted by Crippen LogP contribution is 2.34. The van der Waals surface area contributed by atoms with E-state index in [-0.39, 0.29) is 5.91 Å². The van der Waals surface area contributed by atoms with Crippen LogP contribution in [-0.2, 0) is 9.53 Å². The molecule has 1 N–H and O–H groups in total. The van der Waals surface area contributed by atoms with Crippen LogP contribution < -0.4 is 10.1 Å². The van der Waals surface area contributed by atoms with Crippen molar-refractivity contribution in [3.8, 4) is 5.75 Å². The van der Waals surface area contributed by atoms with Crippen LogP contribution >= 0.6 is 0 Å². The van der Waals surface area contributed by atoms with Gasteiger partial charge in [-0.1, -0.05) is 13.8 Å². The van der Waals surface area contributed by atoms with Crippen LogP contribution in [0.1, 0.15) is 46.0 Å². The first kappa shape index (κ1) is 20.2. The van der Waals surface area contributed by atoms with Crippen LogP contribution in [0, 0.1) is 11.8 Å². The van der Waals surface area contributed by atoms with Crippen molar-refractivity contribution in [2.45, 2.75) is 51.6 Å². The number of anilines is 1. The third-order valence-electron chi connectivity index (χ3n) is 5.95. The van der Waals surface area contributed by atoms with E-state index in [4.69, 9.17) is 9.47 Å². The average Bonchev–Trinajstić information content (AvgIpc) is 3.13. The van der Waals surface area contributed by atoms with E-state index >= 15 is 0 Å².